The summed E-state index contributed by atoms with van der Waals surface area (Å²) in [6.07, 6.45) is 6.57. The van der Waals surface area contributed by atoms with Crippen molar-refractivity contribution in [3.8, 4) is 0 Å². The molecule has 1 aromatic heterocycles. The molecule has 6 nitrogen and oxygen atoms in total. The van der Waals surface area contributed by atoms with E-state index in [9.17, 15) is 0 Å². The van der Waals surface area contributed by atoms with Gasteiger partial charge >= 0.3 is 0 Å². The SMILES string of the molecule is CN=C(NCC(c1ccco1)N1CCCC1)NC1CCN(Cc2ccccc2)C(C)C1.I. The van der Waals surface area contributed by atoms with Gasteiger partial charge in [0.05, 0.1) is 12.3 Å². The van der Waals surface area contributed by atoms with Crippen LogP contribution >= 0.6 is 24.0 Å². The van der Waals surface area contributed by atoms with Crippen molar-refractivity contribution < 1.29 is 4.42 Å². The van der Waals surface area contributed by atoms with Crippen LogP contribution in [0.2, 0.25) is 0 Å². The Morgan fingerprint density at radius 3 is 2.56 bits per heavy atom. The van der Waals surface area contributed by atoms with E-state index in [0.29, 0.717) is 12.1 Å². The fourth-order valence-electron chi connectivity index (χ4n) is 4.93. The number of hydrogen-bond donors (Lipinski definition) is 2. The monoisotopic (exact) mass is 551 g/mol. The number of hydrogen-bond acceptors (Lipinski definition) is 4. The van der Waals surface area contributed by atoms with Gasteiger partial charge in [-0.25, -0.2) is 0 Å². The van der Waals surface area contributed by atoms with Gasteiger partial charge < -0.3 is 15.1 Å². The number of aliphatic imine (C=N–C) groups is 1. The Morgan fingerprint density at radius 1 is 1.12 bits per heavy atom. The van der Waals surface area contributed by atoms with E-state index in [1.807, 2.05) is 13.1 Å². The van der Waals surface area contributed by atoms with E-state index < -0.39 is 0 Å². The second kappa shape index (κ2) is 12.6. The largest absolute Gasteiger partial charge is 0.468 e. The molecule has 2 aromatic rings. The number of likely N-dealkylation sites (tertiary alicyclic amines) is 2. The van der Waals surface area contributed by atoms with Crippen molar-refractivity contribution in [1.29, 1.82) is 0 Å². The molecule has 2 N–H and O–H groups in total. The van der Waals surface area contributed by atoms with E-state index in [-0.39, 0.29) is 30.0 Å². The third-order valence-electron chi connectivity index (χ3n) is 6.72. The Kier molecular flexibility index (Phi) is 9.87. The highest BCUT2D eigenvalue weighted by atomic mass is 127. The fourth-order valence-corrected chi connectivity index (χ4v) is 4.93. The lowest BCUT2D eigenvalue weighted by Gasteiger charge is -2.38. The molecule has 2 fully saturated rings. The number of furan rings is 1. The summed E-state index contributed by atoms with van der Waals surface area (Å²) in [5.41, 5.74) is 1.39. The Balaban J connectivity index is 0.00000289. The second-order valence-electron chi connectivity index (χ2n) is 8.90. The summed E-state index contributed by atoms with van der Waals surface area (Å²) < 4.78 is 5.75. The van der Waals surface area contributed by atoms with Crippen LogP contribution in [0.15, 0.2) is 58.1 Å². The normalized spacial score (nSPS) is 23.5. The number of nitrogens with one attached hydrogen (secondary N) is 2. The Morgan fingerprint density at radius 2 is 1.91 bits per heavy atom. The van der Waals surface area contributed by atoms with Crippen LogP contribution in [0.4, 0.5) is 0 Å². The highest BCUT2D eigenvalue weighted by Crippen LogP contribution is 2.25. The van der Waals surface area contributed by atoms with Crippen molar-refractivity contribution in [2.24, 2.45) is 4.99 Å². The zero-order valence-electron chi connectivity index (χ0n) is 19.4. The molecular weight excluding hydrogens is 513 g/mol. The van der Waals surface area contributed by atoms with Gasteiger partial charge in [0, 0.05) is 38.8 Å². The van der Waals surface area contributed by atoms with Crippen LogP contribution in [0.1, 0.15) is 50.0 Å². The Hall–Kier alpha value is -1.58. The van der Waals surface area contributed by atoms with Gasteiger partial charge in [0.2, 0.25) is 0 Å². The molecule has 0 bridgehead atoms. The maximum atomic E-state index is 5.75. The summed E-state index contributed by atoms with van der Waals surface area (Å²) in [5, 5.41) is 7.25. The van der Waals surface area contributed by atoms with Crippen molar-refractivity contribution in [3.63, 3.8) is 0 Å². The van der Waals surface area contributed by atoms with E-state index >= 15 is 0 Å². The number of benzene rings is 1. The molecule has 32 heavy (non-hydrogen) atoms. The molecule has 3 heterocycles. The predicted molar refractivity (Wildman–Crippen MR) is 142 cm³/mol. The topological polar surface area (TPSA) is 56.0 Å². The molecule has 0 radical (unpaired) electrons. The van der Waals surface area contributed by atoms with Crippen molar-refractivity contribution >= 4 is 29.9 Å². The molecular formula is C25H38IN5O. The predicted octanol–water partition coefficient (Wildman–Crippen LogP) is 4.25. The minimum absolute atomic E-state index is 0. The van der Waals surface area contributed by atoms with Crippen LogP contribution < -0.4 is 10.6 Å². The maximum Gasteiger partial charge on any atom is 0.191 e. The first-order valence-corrected chi connectivity index (χ1v) is 11.8. The number of guanidine groups is 1. The second-order valence-corrected chi connectivity index (χ2v) is 8.90. The quantitative estimate of drug-likeness (QED) is 0.306. The molecule has 0 amide bonds. The molecule has 1 aromatic carbocycles. The first kappa shape index (κ1) is 25.1. The lowest BCUT2D eigenvalue weighted by molar-refractivity contribution is 0.134. The standard InChI is InChI=1S/C25H37N5O.HI/c1-20-17-22(12-15-30(20)19-21-9-4-3-5-10-21)28-25(26-2)27-18-23(24-11-8-16-31-24)29-13-6-7-14-29;/h3-5,8-11,16,20,22-23H,6-7,12-15,17-19H2,1-2H3,(H2,26,27,28);1H. The summed E-state index contributed by atoms with van der Waals surface area (Å²) >= 11 is 0. The molecule has 3 unspecified atom stereocenters. The van der Waals surface area contributed by atoms with Crippen LogP contribution in [0.25, 0.3) is 0 Å². The lowest BCUT2D eigenvalue weighted by Crippen LogP contribution is -2.52. The molecule has 3 atom stereocenters. The highest BCUT2D eigenvalue weighted by Gasteiger charge is 2.28. The van der Waals surface area contributed by atoms with Gasteiger partial charge in [-0.3, -0.25) is 14.8 Å². The molecule has 0 aliphatic carbocycles. The highest BCUT2D eigenvalue weighted by molar-refractivity contribution is 14.0. The lowest BCUT2D eigenvalue weighted by atomic mass is 9.97. The van der Waals surface area contributed by atoms with Gasteiger partial charge in [-0.05, 0) is 63.4 Å². The average molecular weight is 552 g/mol. The van der Waals surface area contributed by atoms with Gasteiger partial charge in [0.25, 0.3) is 0 Å². The summed E-state index contributed by atoms with van der Waals surface area (Å²) in [5.74, 6) is 1.93. The van der Waals surface area contributed by atoms with E-state index in [4.69, 9.17) is 4.42 Å². The molecule has 7 heteroatoms. The van der Waals surface area contributed by atoms with Gasteiger partial charge in [0.1, 0.15) is 5.76 Å². The van der Waals surface area contributed by atoms with E-state index in [0.717, 1.165) is 57.3 Å². The fraction of sp³-hybridized carbons (Fsp3) is 0.560. The van der Waals surface area contributed by atoms with Crippen LogP contribution in [0.5, 0.6) is 0 Å². The Labute approximate surface area is 209 Å². The number of halogens is 1. The molecule has 2 saturated heterocycles. The van der Waals surface area contributed by atoms with Crippen molar-refractivity contribution in [1.82, 2.24) is 20.4 Å². The van der Waals surface area contributed by atoms with Crippen LogP contribution in [0, 0.1) is 0 Å². The first-order valence-electron chi connectivity index (χ1n) is 11.8. The molecule has 176 valence electrons. The molecule has 4 rings (SSSR count). The van der Waals surface area contributed by atoms with E-state index in [2.05, 4.69) is 68.7 Å². The van der Waals surface area contributed by atoms with Gasteiger partial charge in [-0.2, -0.15) is 0 Å². The third kappa shape index (κ3) is 6.71. The summed E-state index contributed by atoms with van der Waals surface area (Å²) in [6, 6.07) is 16.1. The van der Waals surface area contributed by atoms with Crippen LogP contribution in [-0.2, 0) is 6.54 Å². The summed E-state index contributed by atoms with van der Waals surface area (Å²) in [7, 11) is 1.86. The van der Waals surface area contributed by atoms with Gasteiger partial charge in [-0.15, -0.1) is 24.0 Å². The summed E-state index contributed by atoms with van der Waals surface area (Å²) in [4.78, 5) is 9.61. The number of nitrogens with zero attached hydrogens (tertiary/aromatic N) is 3. The van der Waals surface area contributed by atoms with E-state index in [1.54, 1.807) is 6.26 Å². The minimum Gasteiger partial charge on any atom is -0.468 e. The zero-order valence-corrected chi connectivity index (χ0v) is 21.7. The molecule has 0 saturated carbocycles. The molecule has 0 spiro atoms. The van der Waals surface area contributed by atoms with Gasteiger partial charge in [0.15, 0.2) is 5.96 Å². The van der Waals surface area contributed by atoms with Crippen LogP contribution in [-0.4, -0.2) is 61.1 Å². The maximum absolute atomic E-state index is 5.75. The van der Waals surface area contributed by atoms with Crippen LogP contribution in [0.3, 0.4) is 0 Å². The smallest absolute Gasteiger partial charge is 0.191 e. The number of piperidine rings is 1. The van der Waals surface area contributed by atoms with Crippen molar-refractivity contribution in [2.45, 2.75) is 57.3 Å². The zero-order chi connectivity index (χ0) is 21.5. The third-order valence-corrected chi connectivity index (χ3v) is 6.72. The molecule has 2 aliphatic rings. The Bertz CT molecular complexity index is 807. The van der Waals surface area contributed by atoms with Gasteiger partial charge in [-0.1, -0.05) is 30.3 Å². The minimum atomic E-state index is 0. The van der Waals surface area contributed by atoms with Crippen molar-refractivity contribution in [3.05, 3.63) is 60.1 Å². The number of rotatable bonds is 7. The van der Waals surface area contributed by atoms with E-state index in [1.165, 1.54) is 18.4 Å². The molecule has 2 aliphatic heterocycles. The van der Waals surface area contributed by atoms with Crippen molar-refractivity contribution in [2.75, 3.05) is 33.2 Å². The summed E-state index contributed by atoms with van der Waals surface area (Å²) in [6.45, 7) is 7.55. The average Bonchev–Trinajstić information content (AvgIpc) is 3.51. The first-order chi connectivity index (χ1) is 15.2.